The third kappa shape index (κ3) is 2.19. The molecule has 2 aromatic rings. The molecule has 1 heterocycles. The lowest BCUT2D eigenvalue weighted by atomic mass is 10.2. The highest BCUT2D eigenvalue weighted by Gasteiger charge is 2.08. The van der Waals surface area contributed by atoms with Gasteiger partial charge in [-0.1, -0.05) is 6.07 Å². The molecular formula is C12H12N2O3. The zero-order valence-electron chi connectivity index (χ0n) is 9.33. The SMILES string of the molecule is COC(=O)c1cccc(-n2nccc2CO)c1. The second-order valence-electron chi connectivity index (χ2n) is 3.43. The van der Waals surface area contributed by atoms with Crippen LogP contribution in [0, 0.1) is 0 Å². The van der Waals surface area contributed by atoms with Gasteiger partial charge in [0.1, 0.15) is 0 Å². The number of carbonyl (C=O) groups excluding carboxylic acids is 1. The van der Waals surface area contributed by atoms with Gasteiger partial charge in [-0.15, -0.1) is 0 Å². The Balaban J connectivity index is 2.43. The van der Waals surface area contributed by atoms with Crippen molar-refractivity contribution in [3.63, 3.8) is 0 Å². The highest BCUT2D eigenvalue weighted by molar-refractivity contribution is 5.89. The molecule has 0 unspecified atom stereocenters. The fourth-order valence-corrected chi connectivity index (χ4v) is 1.57. The number of aliphatic hydroxyl groups excluding tert-OH is 1. The van der Waals surface area contributed by atoms with Crippen LogP contribution in [0.4, 0.5) is 0 Å². The molecule has 2 rings (SSSR count). The molecule has 0 saturated carbocycles. The summed E-state index contributed by atoms with van der Waals surface area (Å²) in [4.78, 5) is 11.4. The summed E-state index contributed by atoms with van der Waals surface area (Å²) in [5, 5.41) is 13.2. The van der Waals surface area contributed by atoms with Gasteiger partial charge in [-0.25, -0.2) is 9.48 Å². The fraction of sp³-hybridized carbons (Fsp3) is 0.167. The largest absolute Gasteiger partial charge is 0.465 e. The zero-order chi connectivity index (χ0) is 12.3. The van der Waals surface area contributed by atoms with E-state index in [-0.39, 0.29) is 6.61 Å². The first-order chi connectivity index (χ1) is 8.26. The second-order valence-corrected chi connectivity index (χ2v) is 3.43. The Labute approximate surface area is 98.3 Å². The minimum absolute atomic E-state index is 0.109. The minimum Gasteiger partial charge on any atom is -0.465 e. The maximum Gasteiger partial charge on any atom is 0.337 e. The Kier molecular flexibility index (Phi) is 3.20. The van der Waals surface area contributed by atoms with E-state index in [0.717, 1.165) is 0 Å². The minimum atomic E-state index is -0.399. The van der Waals surface area contributed by atoms with E-state index < -0.39 is 5.97 Å². The maximum absolute atomic E-state index is 11.4. The molecule has 0 radical (unpaired) electrons. The van der Waals surface area contributed by atoms with E-state index in [1.54, 1.807) is 41.2 Å². The molecule has 0 aliphatic carbocycles. The van der Waals surface area contributed by atoms with Gasteiger partial charge in [0.15, 0.2) is 0 Å². The van der Waals surface area contributed by atoms with Crippen LogP contribution in [-0.2, 0) is 11.3 Å². The first-order valence-electron chi connectivity index (χ1n) is 5.09. The van der Waals surface area contributed by atoms with Crippen molar-refractivity contribution in [1.29, 1.82) is 0 Å². The van der Waals surface area contributed by atoms with E-state index in [4.69, 9.17) is 5.11 Å². The van der Waals surface area contributed by atoms with Crippen molar-refractivity contribution in [3.8, 4) is 5.69 Å². The third-order valence-corrected chi connectivity index (χ3v) is 2.39. The Bertz CT molecular complexity index is 534. The monoisotopic (exact) mass is 232 g/mol. The molecule has 0 atom stereocenters. The molecule has 5 nitrogen and oxygen atoms in total. The Hall–Kier alpha value is -2.14. The molecule has 0 saturated heterocycles. The van der Waals surface area contributed by atoms with Crippen LogP contribution in [0.25, 0.3) is 5.69 Å². The van der Waals surface area contributed by atoms with E-state index in [1.165, 1.54) is 7.11 Å². The molecule has 0 bridgehead atoms. The van der Waals surface area contributed by atoms with Gasteiger partial charge >= 0.3 is 5.97 Å². The molecule has 17 heavy (non-hydrogen) atoms. The van der Waals surface area contributed by atoms with Gasteiger partial charge in [0.05, 0.1) is 30.7 Å². The second kappa shape index (κ2) is 4.80. The van der Waals surface area contributed by atoms with Gasteiger partial charge in [-0.2, -0.15) is 5.10 Å². The topological polar surface area (TPSA) is 64.4 Å². The lowest BCUT2D eigenvalue weighted by molar-refractivity contribution is 0.0600. The van der Waals surface area contributed by atoms with E-state index in [1.807, 2.05) is 0 Å². The number of methoxy groups -OCH3 is 1. The van der Waals surface area contributed by atoms with Crippen molar-refractivity contribution in [1.82, 2.24) is 9.78 Å². The normalized spacial score (nSPS) is 10.2. The molecular weight excluding hydrogens is 220 g/mol. The van der Waals surface area contributed by atoms with Crippen LogP contribution >= 0.6 is 0 Å². The molecule has 1 aromatic carbocycles. The molecule has 0 fully saturated rings. The van der Waals surface area contributed by atoms with Gasteiger partial charge in [-0.3, -0.25) is 0 Å². The molecule has 0 spiro atoms. The van der Waals surface area contributed by atoms with Crippen molar-refractivity contribution < 1.29 is 14.6 Å². The fourth-order valence-electron chi connectivity index (χ4n) is 1.57. The van der Waals surface area contributed by atoms with Crippen molar-refractivity contribution in [3.05, 3.63) is 47.8 Å². The molecule has 0 aliphatic heterocycles. The summed E-state index contributed by atoms with van der Waals surface area (Å²) in [6.07, 6.45) is 1.59. The highest BCUT2D eigenvalue weighted by Crippen LogP contribution is 2.13. The number of benzene rings is 1. The van der Waals surface area contributed by atoms with E-state index in [0.29, 0.717) is 16.9 Å². The van der Waals surface area contributed by atoms with Gasteiger partial charge in [0.2, 0.25) is 0 Å². The van der Waals surface area contributed by atoms with Crippen LogP contribution in [0.3, 0.4) is 0 Å². The summed E-state index contributed by atoms with van der Waals surface area (Å²) in [6, 6.07) is 8.59. The number of carbonyl (C=O) groups is 1. The van der Waals surface area contributed by atoms with Crippen LogP contribution in [0.15, 0.2) is 36.5 Å². The number of hydrogen-bond donors (Lipinski definition) is 1. The van der Waals surface area contributed by atoms with Crippen molar-refractivity contribution in [2.24, 2.45) is 0 Å². The molecule has 0 aliphatic rings. The lowest BCUT2D eigenvalue weighted by Gasteiger charge is -2.06. The number of rotatable bonds is 3. The molecule has 88 valence electrons. The van der Waals surface area contributed by atoms with Crippen molar-refractivity contribution in [2.45, 2.75) is 6.61 Å². The van der Waals surface area contributed by atoms with Crippen LogP contribution < -0.4 is 0 Å². The summed E-state index contributed by atoms with van der Waals surface area (Å²) in [5.41, 5.74) is 1.82. The first kappa shape index (κ1) is 11.3. The van der Waals surface area contributed by atoms with Crippen molar-refractivity contribution in [2.75, 3.05) is 7.11 Å². The first-order valence-corrected chi connectivity index (χ1v) is 5.09. The van der Waals surface area contributed by atoms with E-state index in [9.17, 15) is 4.79 Å². The quantitative estimate of drug-likeness (QED) is 0.806. The number of aromatic nitrogens is 2. The Morgan fingerprint density at radius 1 is 1.47 bits per heavy atom. The Morgan fingerprint density at radius 2 is 2.29 bits per heavy atom. The molecule has 1 aromatic heterocycles. The summed E-state index contributed by atoms with van der Waals surface area (Å²) < 4.78 is 6.22. The van der Waals surface area contributed by atoms with Crippen LogP contribution in [0.2, 0.25) is 0 Å². The van der Waals surface area contributed by atoms with Gasteiger partial charge in [-0.05, 0) is 24.3 Å². The average Bonchev–Trinajstić information content (AvgIpc) is 2.86. The van der Waals surface area contributed by atoms with Crippen LogP contribution in [0.5, 0.6) is 0 Å². The molecule has 1 N–H and O–H groups in total. The zero-order valence-corrected chi connectivity index (χ0v) is 9.33. The maximum atomic E-state index is 11.4. The number of ether oxygens (including phenoxy) is 1. The van der Waals surface area contributed by atoms with Gasteiger partial charge < -0.3 is 9.84 Å². The van der Waals surface area contributed by atoms with Crippen LogP contribution in [0.1, 0.15) is 16.1 Å². The van der Waals surface area contributed by atoms with E-state index in [2.05, 4.69) is 9.84 Å². The summed E-state index contributed by atoms with van der Waals surface area (Å²) >= 11 is 0. The van der Waals surface area contributed by atoms with Gasteiger partial charge in [0, 0.05) is 6.20 Å². The smallest absolute Gasteiger partial charge is 0.337 e. The average molecular weight is 232 g/mol. The third-order valence-electron chi connectivity index (χ3n) is 2.39. The van der Waals surface area contributed by atoms with Gasteiger partial charge in [0.25, 0.3) is 0 Å². The van der Waals surface area contributed by atoms with Crippen molar-refractivity contribution >= 4 is 5.97 Å². The number of hydrogen-bond acceptors (Lipinski definition) is 4. The highest BCUT2D eigenvalue weighted by atomic mass is 16.5. The van der Waals surface area contributed by atoms with E-state index >= 15 is 0 Å². The standard InChI is InChI=1S/C12H12N2O3/c1-17-12(16)9-3-2-4-10(7-9)14-11(8-15)5-6-13-14/h2-7,15H,8H2,1H3. The summed E-state index contributed by atoms with van der Waals surface area (Å²) in [5.74, 6) is -0.399. The molecule has 5 heteroatoms. The summed E-state index contributed by atoms with van der Waals surface area (Å²) in [7, 11) is 1.34. The lowest BCUT2D eigenvalue weighted by Crippen LogP contribution is -2.05. The molecule has 0 amide bonds. The number of nitrogens with zero attached hydrogens (tertiary/aromatic N) is 2. The number of esters is 1. The predicted molar refractivity (Wildman–Crippen MR) is 60.8 cm³/mol. The van der Waals surface area contributed by atoms with Crippen LogP contribution in [-0.4, -0.2) is 28.0 Å². The predicted octanol–water partition coefficient (Wildman–Crippen LogP) is 1.15. The Morgan fingerprint density at radius 3 is 3.00 bits per heavy atom. The number of aliphatic hydroxyl groups is 1. The summed E-state index contributed by atoms with van der Waals surface area (Å²) in [6.45, 7) is -0.109.